The molecule has 3 N–H and O–H groups in total. The number of Topliss-reactive ketones (excluding diaryl/α,β-unsaturated/α-hetero) is 1. The average molecular weight is 720 g/mol. The van der Waals surface area contributed by atoms with E-state index in [-0.39, 0.29) is 48.7 Å². The van der Waals surface area contributed by atoms with Crippen molar-refractivity contribution in [1.29, 1.82) is 0 Å². The van der Waals surface area contributed by atoms with E-state index in [2.05, 4.69) is 26.3 Å². The third kappa shape index (κ3) is 9.19. The Morgan fingerprint density at radius 2 is 1.82 bits per heavy atom. The van der Waals surface area contributed by atoms with E-state index >= 15 is 0 Å². The third-order valence-corrected chi connectivity index (χ3v) is 11.0. The number of unbranched alkanes of at least 4 members (excludes halogenated alkanes) is 1. The molecule has 6 rings (SSSR count). The van der Waals surface area contributed by atoms with Crippen LogP contribution in [0, 0.1) is 5.92 Å². The molecule has 3 aliphatic rings. The van der Waals surface area contributed by atoms with Crippen molar-refractivity contribution in [3.63, 3.8) is 0 Å². The molecule has 3 fully saturated rings. The molecule has 0 aliphatic carbocycles. The van der Waals surface area contributed by atoms with Gasteiger partial charge < -0.3 is 35.1 Å². The monoisotopic (exact) mass is 719 g/mol. The molecular weight excluding hydrogens is 675 g/mol. The van der Waals surface area contributed by atoms with E-state index in [1.165, 1.54) is 7.11 Å². The maximum atomic E-state index is 13.1. The predicted octanol–water partition coefficient (Wildman–Crippen LogP) is 4.05. The van der Waals surface area contributed by atoms with E-state index in [0.717, 1.165) is 30.6 Å². The summed E-state index contributed by atoms with van der Waals surface area (Å²) in [6, 6.07) is 12.9. The van der Waals surface area contributed by atoms with Crippen LogP contribution >= 0.6 is 11.8 Å². The molecule has 15 heteroatoms. The summed E-state index contributed by atoms with van der Waals surface area (Å²) in [6.45, 7) is 1.74. The zero-order valence-electron chi connectivity index (χ0n) is 29.0. The molecule has 272 valence electrons. The second kappa shape index (κ2) is 17.1. The highest BCUT2D eigenvalue weighted by Gasteiger charge is 2.42. The van der Waals surface area contributed by atoms with Gasteiger partial charge in [0.1, 0.15) is 23.0 Å². The topological polar surface area (TPSA) is 166 Å². The van der Waals surface area contributed by atoms with Crippen molar-refractivity contribution >= 4 is 46.8 Å². The second-order valence-corrected chi connectivity index (χ2v) is 14.3. The van der Waals surface area contributed by atoms with E-state index < -0.39 is 5.92 Å². The first-order valence-electron chi connectivity index (χ1n) is 17.4. The van der Waals surface area contributed by atoms with E-state index in [4.69, 9.17) is 14.2 Å². The van der Waals surface area contributed by atoms with Gasteiger partial charge in [0.15, 0.2) is 0 Å². The van der Waals surface area contributed by atoms with Gasteiger partial charge in [-0.05, 0) is 43.5 Å². The number of nitrogens with zero attached hydrogens (tertiary/aromatic N) is 4. The fourth-order valence-electron chi connectivity index (χ4n) is 6.70. The van der Waals surface area contributed by atoms with Gasteiger partial charge in [0.2, 0.25) is 11.8 Å². The van der Waals surface area contributed by atoms with Crippen LogP contribution in [0.3, 0.4) is 0 Å². The van der Waals surface area contributed by atoms with Crippen LogP contribution in [0.15, 0.2) is 48.7 Å². The van der Waals surface area contributed by atoms with Crippen molar-refractivity contribution in [2.24, 2.45) is 5.92 Å². The lowest BCUT2D eigenvalue weighted by atomic mass is 10.0. The summed E-state index contributed by atoms with van der Waals surface area (Å²) in [4.78, 5) is 51.3. The van der Waals surface area contributed by atoms with Crippen LogP contribution in [0.4, 0.5) is 16.2 Å². The summed E-state index contributed by atoms with van der Waals surface area (Å²) < 4.78 is 18.2. The van der Waals surface area contributed by atoms with Gasteiger partial charge in [0.25, 0.3) is 0 Å². The van der Waals surface area contributed by atoms with E-state index in [1.807, 2.05) is 30.1 Å². The number of rotatable bonds is 18. The number of hydrogen-bond donors (Lipinski definition) is 3. The van der Waals surface area contributed by atoms with Gasteiger partial charge in [-0.1, -0.05) is 23.8 Å². The van der Waals surface area contributed by atoms with Gasteiger partial charge in [-0.2, -0.15) is 11.8 Å². The summed E-state index contributed by atoms with van der Waals surface area (Å²) in [5.41, 5.74) is 2.73. The Morgan fingerprint density at radius 3 is 2.63 bits per heavy atom. The van der Waals surface area contributed by atoms with Gasteiger partial charge in [0, 0.05) is 60.7 Å². The van der Waals surface area contributed by atoms with Gasteiger partial charge in [-0.25, -0.2) is 9.48 Å². The second-order valence-electron chi connectivity index (χ2n) is 13.0. The number of methoxy groups -OCH3 is 2. The largest absolute Gasteiger partial charge is 0.497 e. The van der Waals surface area contributed by atoms with Crippen molar-refractivity contribution < 1.29 is 33.4 Å². The molecule has 51 heavy (non-hydrogen) atoms. The number of fused-ring (bicyclic) bond motifs is 1. The summed E-state index contributed by atoms with van der Waals surface area (Å²) in [5.74, 6) is 1.44. The highest BCUT2D eigenvalue weighted by Crippen LogP contribution is 2.36. The molecule has 4 heterocycles. The maximum Gasteiger partial charge on any atom is 0.315 e. The molecule has 0 radical (unpaired) electrons. The van der Waals surface area contributed by atoms with Gasteiger partial charge in [0.05, 0.1) is 57.3 Å². The minimum Gasteiger partial charge on any atom is -0.497 e. The van der Waals surface area contributed by atoms with Crippen LogP contribution in [0.2, 0.25) is 0 Å². The van der Waals surface area contributed by atoms with Crippen LogP contribution in [0.5, 0.6) is 11.5 Å². The number of carbonyl (C=O) groups is 4. The molecule has 0 saturated carbocycles. The van der Waals surface area contributed by atoms with Crippen LogP contribution < -0.4 is 30.3 Å². The molecule has 1 unspecified atom stereocenters. The zero-order chi connectivity index (χ0) is 35.7. The third-order valence-electron chi connectivity index (χ3n) is 9.50. The summed E-state index contributed by atoms with van der Waals surface area (Å²) in [6.07, 6.45) is 6.62. The Labute approximate surface area is 301 Å². The van der Waals surface area contributed by atoms with Crippen molar-refractivity contribution in [3.05, 3.63) is 48.7 Å². The standard InChI is InChI=1S/C36H45N7O7S/c1-48-27-13-14-31(49-2)30(19-27)43-20-24(18-33(43)45)35(46)37-25-11-9-23(10-12-25)28-21-42(41-40-28)15-17-50-16-5-7-26(44)6-3-4-8-32-34-29(22-51-32)38-36(47)39-34/h9-14,19,21,24,29,32,34H,3-8,15-18,20,22H2,1-2H3,(H,37,46)(H2,38,39,47)/t24?,29-,32-,34-/m0/s1. The molecular formula is C36H45N7O7S. The van der Waals surface area contributed by atoms with Crippen molar-refractivity contribution in [1.82, 2.24) is 25.6 Å². The first kappa shape index (κ1) is 36.2. The number of hydrogen-bond acceptors (Lipinski definition) is 10. The van der Waals surface area contributed by atoms with Gasteiger partial charge >= 0.3 is 6.03 Å². The van der Waals surface area contributed by atoms with Crippen LogP contribution in [-0.2, 0) is 25.7 Å². The number of thioether (sulfide) groups is 1. The smallest absolute Gasteiger partial charge is 0.315 e. The Kier molecular flexibility index (Phi) is 12.1. The highest BCUT2D eigenvalue weighted by molar-refractivity contribution is 8.00. The number of ether oxygens (including phenoxy) is 3. The Bertz CT molecular complexity index is 1700. The lowest BCUT2D eigenvalue weighted by molar-refractivity contribution is -0.122. The number of ketones is 1. The molecule has 4 atom stereocenters. The first-order valence-corrected chi connectivity index (χ1v) is 18.5. The average Bonchev–Trinajstić information content (AvgIpc) is 3.93. The molecule has 3 saturated heterocycles. The quantitative estimate of drug-likeness (QED) is 0.129. The normalized spacial score (nSPS) is 20.9. The molecule has 3 aromatic rings. The molecule has 0 bridgehead atoms. The summed E-state index contributed by atoms with van der Waals surface area (Å²) >= 11 is 1.91. The van der Waals surface area contributed by atoms with Gasteiger partial charge in [-0.15, -0.1) is 5.10 Å². The molecule has 2 aromatic carbocycles. The number of carbonyl (C=O) groups excluding carboxylic acids is 4. The number of amides is 4. The van der Waals surface area contributed by atoms with E-state index in [0.29, 0.717) is 72.8 Å². The van der Waals surface area contributed by atoms with Crippen molar-refractivity contribution in [2.45, 2.75) is 68.8 Å². The molecule has 0 spiro atoms. The SMILES string of the molecule is COc1ccc(OC)c(N2CC(C(=O)Nc3ccc(-c4cn(CCOCCCC(=O)CCCC[C@@H]5SC[C@@H]6NC(=O)N[C@@H]65)nn4)cc3)CC2=O)c1. The predicted molar refractivity (Wildman–Crippen MR) is 193 cm³/mol. The van der Waals surface area contributed by atoms with Crippen molar-refractivity contribution in [2.75, 3.05) is 49.9 Å². The number of nitrogens with one attached hydrogen (secondary N) is 3. The molecule has 3 aliphatic heterocycles. The Morgan fingerprint density at radius 1 is 1.00 bits per heavy atom. The lowest BCUT2D eigenvalue weighted by Crippen LogP contribution is -2.36. The number of benzene rings is 2. The molecule has 1 aromatic heterocycles. The number of anilines is 2. The van der Waals surface area contributed by atoms with Gasteiger partial charge in [-0.3, -0.25) is 14.4 Å². The lowest BCUT2D eigenvalue weighted by Gasteiger charge is -2.20. The summed E-state index contributed by atoms with van der Waals surface area (Å²) in [5, 5.41) is 17.8. The minimum atomic E-state index is -0.516. The molecule has 14 nitrogen and oxygen atoms in total. The summed E-state index contributed by atoms with van der Waals surface area (Å²) in [7, 11) is 3.09. The maximum absolute atomic E-state index is 13.1. The fourth-order valence-corrected chi connectivity index (χ4v) is 8.24. The zero-order valence-corrected chi connectivity index (χ0v) is 29.8. The number of aromatic nitrogens is 3. The number of urea groups is 1. The van der Waals surface area contributed by atoms with E-state index in [1.54, 1.807) is 47.0 Å². The minimum absolute atomic E-state index is 0.0622. The van der Waals surface area contributed by atoms with Crippen LogP contribution in [-0.4, -0.2) is 95.7 Å². The highest BCUT2D eigenvalue weighted by atomic mass is 32.2. The van der Waals surface area contributed by atoms with Crippen LogP contribution in [0.1, 0.15) is 44.9 Å². The van der Waals surface area contributed by atoms with Crippen molar-refractivity contribution in [3.8, 4) is 22.8 Å². The molecule has 4 amide bonds. The Balaban J connectivity index is 0.858. The fraction of sp³-hybridized carbons (Fsp3) is 0.500. The van der Waals surface area contributed by atoms with Crippen LogP contribution in [0.25, 0.3) is 11.3 Å². The first-order chi connectivity index (χ1) is 24.8. The van der Waals surface area contributed by atoms with E-state index in [9.17, 15) is 19.2 Å². The Hall–Kier alpha value is -4.63.